The molecule has 0 aliphatic rings. The van der Waals surface area contributed by atoms with Crippen LogP contribution in [0.5, 0.6) is 0 Å². The molecule has 0 bridgehead atoms. The molecule has 0 radical (unpaired) electrons. The maximum atomic E-state index is 4.67. The molecule has 0 aliphatic carbocycles. The highest BCUT2D eigenvalue weighted by atomic mass is 32.1. The number of aromatic nitrogens is 3. The van der Waals surface area contributed by atoms with Gasteiger partial charge in [-0.1, -0.05) is 27.7 Å². The molecule has 20 heavy (non-hydrogen) atoms. The van der Waals surface area contributed by atoms with Crippen LogP contribution in [-0.2, 0) is 12.5 Å². The molecule has 110 valence electrons. The second kappa shape index (κ2) is 5.66. The van der Waals surface area contributed by atoms with E-state index in [-0.39, 0.29) is 11.5 Å². The minimum atomic E-state index is 0.0244. The summed E-state index contributed by atoms with van der Waals surface area (Å²) in [7, 11) is 1.98. The third-order valence-corrected chi connectivity index (χ3v) is 4.20. The van der Waals surface area contributed by atoms with E-state index in [0.717, 1.165) is 22.9 Å². The smallest absolute Gasteiger partial charge is 0.115 e. The van der Waals surface area contributed by atoms with E-state index in [2.05, 4.69) is 54.7 Å². The van der Waals surface area contributed by atoms with E-state index in [4.69, 9.17) is 0 Å². The van der Waals surface area contributed by atoms with Gasteiger partial charge in [-0.25, -0.2) is 4.98 Å². The Labute approximate surface area is 125 Å². The fraction of sp³-hybridized carbons (Fsp3) is 0.600. The predicted octanol–water partition coefficient (Wildman–Crippen LogP) is 3.18. The third-order valence-electron chi connectivity index (χ3n) is 3.17. The zero-order valence-electron chi connectivity index (χ0n) is 13.2. The number of aryl methyl sites for hydroxylation is 2. The number of hydrogen-bond donors (Lipinski definition) is 1. The molecule has 5 heteroatoms. The van der Waals surface area contributed by atoms with Gasteiger partial charge < -0.3 is 5.32 Å². The van der Waals surface area contributed by atoms with Crippen LogP contribution < -0.4 is 5.32 Å². The van der Waals surface area contributed by atoms with Crippen LogP contribution in [0.1, 0.15) is 55.7 Å². The lowest BCUT2D eigenvalue weighted by Crippen LogP contribution is -2.25. The van der Waals surface area contributed by atoms with Gasteiger partial charge in [0.1, 0.15) is 5.01 Å². The third kappa shape index (κ3) is 3.10. The maximum absolute atomic E-state index is 4.67. The van der Waals surface area contributed by atoms with Crippen LogP contribution in [0.3, 0.4) is 0 Å². The lowest BCUT2D eigenvalue weighted by molar-refractivity contribution is 0.534. The van der Waals surface area contributed by atoms with E-state index in [1.165, 1.54) is 5.56 Å². The first-order chi connectivity index (χ1) is 9.32. The number of hydrogen-bond acceptors (Lipinski definition) is 4. The van der Waals surface area contributed by atoms with Crippen LogP contribution >= 0.6 is 11.3 Å². The summed E-state index contributed by atoms with van der Waals surface area (Å²) >= 11 is 1.71. The topological polar surface area (TPSA) is 42.7 Å². The molecule has 0 spiro atoms. The molecule has 2 rings (SSSR count). The van der Waals surface area contributed by atoms with E-state index in [0.29, 0.717) is 0 Å². The van der Waals surface area contributed by atoms with Crippen molar-refractivity contribution in [2.24, 2.45) is 7.05 Å². The zero-order valence-corrected chi connectivity index (χ0v) is 14.0. The fourth-order valence-corrected chi connectivity index (χ4v) is 3.23. The molecule has 0 amide bonds. The average molecular weight is 292 g/mol. The summed E-state index contributed by atoms with van der Waals surface area (Å²) in [6, 6.07) is 0.127. The van der Waals surface area contributed by atoms with Crippen LogP contribution in [0.15, 0.2) is 11.6 Å². The van der Waals surface area contributed by atoms with Crippen LogP contribution in [-0.4, -0.2) is 21.3 Å². The van der Waals surface area contributed by atoms with Crippen molar-refractivity contribution in [3.8, 4) is 0 Å². The molecule has 0 saturated carbocycles. The van der Waals surface area contributed by atoms with Crippen LogP contribution in [0.2, 0.25) is 0 Å². The highest BCUT2D eigenvalue weighted by Gasteiger charge is 2.28. The number of thiazole rings is 1. The largest absolute Gasteiger partial charge is 0.304 e. The molecule has 0 fully saturated rings. The quantitative estimate of drug-likeness (QED) is 0.941. The Morgan fingerprint density at radius 1 is 1.40 bits per heavy atom. The average Bonchev–Trinajstić information content (AvgIpc) is 2.92. The van der Waals surface area contributed by atoms with Crippen molar-refractivity contribution in [2.75, 3.05) is 6.54 Å². The molecule has 2 aromatic heterocycles. The summed E-state index contributed by atoms with van der Waals surface area (Å²) in [6.07, 6.45) is 2.12. The van der Waals surface area contributed by atoms with Crippen molar-refractivity contribution in [1.29, 1.82) is 0 Å². The summed E-state index contributed by atoms with van der Waals surface area (Å²) in [5.41, 5.74) is 3.47. The van der Waals surface area contributed by atoms with E-state index in [1.54, 1.807) is 11.3 Å². The first-order valence-electron chi connectivity index (χ1n) is 7.02. The van der Waals surface area contributed by atoms with Gasteiger partial charge in [0.25, 0.3) is 0 Å². The summed E-state index contributed by atoms with van der Waals surface area (Å²) in [6.45, 7) is 11.7. The monoisotopic (exact) mass is 292 g/mol. The molecular weight excluding hydrogens is 268 g/mol. The van der Waals surface area contributed by atoms with Gasteiger partial charge in [0.05, 0.1) is 11.7 Å². The Morgan fingerprint density at radius 3 is 2.60 bits per heavy atom. The van der Waals surface area contributed by atoms with E-state index < -0.39 is 0 Å². The highest BCUT2D eigenvalue weighted by Crippen LogP contribution is 2.32. The Bertz CT molecular complexity index is 577. The SMILES string of the molecule is CCNC(c1nc(C)cs1)c1cn(C)nc1C(C)(C)C. The van der Waals surface area contributed by atoms with Gasteiger partial charge in [-0.3, -0.25) is 4.68 Å². The number of nitrogens with zero attached hydrogens (tertiary/aromatic N) is 3. The van der Waals surface area contributed by atoms with Crippen molar-refractivity contribution in [2.45, 2.75) is 46.1 Å². The van der Waals surface area contributed by atoms with Gasteiger partial charge in [0.15, 0.2) is 0 Å². The first-order valence-corrected chi connectivity index (χ1v) is 7.90. The van der Waals surface area contributed by atoms with Gasteiger partial charge in [-0.2, -0.15) is 5.10 Å². The Hall–Kier alpha value is -1.20. The summed E-state index contributed by atoms with van der Waals surface area (Å²) in [5, 5.41) is 11.4. The van der Waals surface area contributed by atoms with Crippen molar-refractivity contribution in [3.05, 3.63) is 33.5 Å². The summed E-state index contributed by atoms with van der Waals surface area (Å²) in [5.74, 6) is 0. The lowest BCUT2D eigenvalue weighted by atomic mass is 9.87. The van der Waals surface area contributed by atoms with E-state index >= 15 is 0 Å². The van der Waals surface area contributed by atoms with Gasteiger partial charge in [-0.15, -0.1) is 11.3 Å². The zero-order chi connectivity index (χ0) is 14.9. The molecular formula is C15H24N4S. The predicted molar refractivity (Wildman–Crippen MR) is 84.3 cm³/mol. The standard InChI is InChI=1S/C15H24N4S/c1-7-16-12(14-17-10(2)9-20-14)11-8-19(6)18-13(11)15(3,4)5/h8-9,12,16H,7H2,1-6H3. The molecule has 0 aromatic carbocycles. The summed E-state index contributed by atoms with van der Waals surface area (Å²) in [4.78, 5) is 4.66. The minimum Gasteiger partial charge on any atom is -0.304 e. The van der Waals surface area contributed by atoms with E-state index in [9.17, 15) is 0 Å². The Balaban J connectivity index is 2.50. The van der Waals surface area contributed by atoms with Crippen molar-refractivity contribution < 1.29 is 0 Å². The van der Waals surface area contributed by atoms with Crippen LogP contribution in [0, 0.1) is 6.92 Å². The highest BCUT2D eigenvalue weighted by molar-refractivity contribution is 7.09. The normalized spacial score (nSPS) is 13.7. The second-order valence-corrected chi connectivity index (χ2v) is 7.06. The first kappa shape index (κ1) is 15.2. The molecule has 1 N–H and O–H groups in total. The Kier molecular flexibility index (Phi) is 4.30. The van der Waals surface area contributed by atoms with Crippen LogP contribution in [0.4, 0.5) is 0 Å². The molecule has 1 atom stereocenters. The molecule has 1 unspecified atom stereocenters. The molecule has 0 saturated heterocycles. The van der Waals surface area contributed by atoms with Crippen LogP contribution in [0.25, 0.3) is 0 Å². The van der Waals surface area contributed by atoms with Crippen molar-refractivity contribution in [3.63, 3.8) is 0 Å². The van der Waals surface area contributed by atoms with Gasteiger partial charge >= 0.3 is 0 Å². The van der Waals surface area contributed by atoms with Crippen molar-refractivity contribution in [1.82, 2.24) is 20.1 Å². The van der Waals surface area contributed by atoms with Crippen molar-refractivity contribution >= 4 is 11.3 Å². The second-order valence-electron chi connectivity index (χ2n) is 6.17. The number of nitrogens with one attached hydrogen (secondary N) is 1. The van der Waals surface area contributed by atoms with E-state index in [1.807, 2.05) is 18.7 Å². The van der Waals surface area contributed by atoms with Gasteiger partial charge in [0.2, 0.25) is 0 Å². The molecule has 0 aliphatic heterocycles. The molecule has 2 aromatic rings. The lowest BCUT2D eigenvalue weighted by Gasteiger charge is -2.22. The molecule has 4 nitrogen and oxygen atoms in total. The maximum Gasteiger partial charge on any atom is 0.115 e. The van der Waals surface area contributed by atoms with Gasteiger partial charge in [-0.05, 0) is 13.5 Å². The molecule has 2 heterocycles. The fourth-order valence-electron chi connectivity index (χ4n) is 2.34. The summed E-state index contributed by atoms with van der Waals surface area (Å²) < 4.78 is 1.90. The number of rotatable bonds is 4. The van der Waals surface area contributed by atoms with Gasteiger partial charge in [0, 0.05) is 35.3 Å². The minimum absolute atomic E-state index is 0.0244. The Morgan fingerprint density at radius 2 is 2.10 bits per heavy atom.